The SMILES string of the molecule is [Cl][Fe][Cl].[O]=[Mo].[S-]CC[S-].[SH-].[SH-].c1ccc([P+](c2ccccc2)(c2ccccc2)c2ccccc2)cc1.c1ccc([P+](c2ccccc2)(c2ccccc2)c2ccccc2)cc1. The topological polar surface area (TPSA) is 17.1 Å². The van der Waals surface area contributed by atoms with Gasteiger partial charge in [0.1, 0.15) is 57.0 Å². The van der Waals surface area contributed by atoms with Gasteiger partial charge in [-0.15, -0.1) is 0 Å². The van der Waals surface area contributed by atoms with Gasteiger partial charge in [0.2, 0.25) is 0 Å². The van der Waals surface area contributed by atoms with Crippen LogP contribution >= 0.6 is 34.7 Å². The summed E-state index contributed by atoms with van der Waals surface area (Å²) in [5.74, 6) is 1.44. The van der Waals surface area contributed by atoms with Gasteiger partial charge in [-0.2, -0.15) is 11.5 Å². The predicted octanol–water partition coefficient (Wildman–Crippen LogP) is 9.41. The van der Waals surface area contributed by atoms with Crippen LogP contribution in [0.5, 0.6) is 0 Å². The molecule has 316 valence electrons. The maximum absolute atomic E-state index is 8.26. The molecule has 0 saturated carbocycles. The fourth-order valence-electron chi connectivity index (χ4n) is 7.00. The number of benzene rings is 8. The van der Waals surface area contributed by atoms with Crippen molar-refractivity contribution in [1.29, 1.82) is 0 Å². The molecule has 0 aromatic heterocycles. The van der Waals surface area contributed by atoms with Crippen LogP contribution in [0.2, 0.25) is 0 Å². The van der Waals surface area contributed by atoms with Gasteiger partial charge in [0, 0.05) is 0 Å². The van der Waals surface area contributed by atoms with Gasteiger partial charge in [0.05, 0.1) is 0 Å². The van der Waals surface area contributed by atoms with Gasteiger partial charge in [-0.1, -0.05) is 146 Å². The van der Waals surface area contributed by atoms with E-state index < -0.39 is 14.5 Å². The molecule has 0 aliphatic rings. The van der Waals surface area contributed by atoms with Crippen molar-refractivity contribution in [1.82, 2.24) is 0 Å². The van der Waals surface area contributed by atoms with Crippen molar-refractivity contribution in [2.75, 3.05) is 11.5 Å². The van der Waals surface area contributed by atoms with Crippen molar-refractivity contribution in [3.05, 3.63) is 243 Å². The van der Waals surface area contributed by atoms with Crippen molar-refractivity contribution in [2.24, 2.45) is 0 Å². The summed E-state index contributed by atoms with van der Waals surface area (Å²) in [5, 5.41) is 11.1. The summed E-state index contributed by atoms with van der Waals surface area (Å²) in [7, 11) is 5.72. The van der Waals surface area contributed by atoms with Crippen LogP contribution in [0.1, 0.15) is 0 Å². The molecule has 61 heavy (non-hydrogen) atoms. The molecular formula is C50H46Cl2FeMoOP2S4-2. The monoisotopic (exact) mass is 1080 g/mol. The van der Waals surface area contributed by atoms with Crippen molar-refractivity contribution >= 4 is 129 Å². The Morgan fingerprint density at radius 3 is 0.492 bits per heavy atom. The molecule has 0 radical (unpaired) electrons. The minimum atomic E-state index is -1.91. The Kier molecular flexibility index (Phi) is 28.2. The Morgan fingerprint density at radius 2 is 0.410 bits per heavy atom. The maximum atomic E-state index is 8.26. The third-order valence-electron chi connectivity index (χ3n) is 9.23. The molecule has 0 heterocycles. The van der Waals surface area contributed by atoms with Crippen LogP contribution in [-0.4, -0.2) is 11.5 Å². The first-order valence-corrected chi connectivity index (χ1v) is 27.2. The van der Waals surface area contributed by atoms with Gasteiger partial charge in [0.25, 0.3) is 0 Å². The number of thiol groups is 2. The van der Waals surface area contributed by atoms with Gasteiger partial charge in [-0.3, -0.25) is 0 Å². The normalized spacial score (nSPS) is 10.1. The Hall–Kier alpha value is -2.39. The first-order valence-electron chi connectivity index (χ1n) is 18.6. The Bertz CT molecular complexity index is 1790. The number of hydrogen-bond acceptors (Lipinski definition) is 5. The second kappa shape index (κ2) is 31.5. The van der Waals surface area contributed by atoms with Gasteiger partial charge in [0.15, 0.2) is 0 Å². The zero-order valence-electron chi connectivity index (χ0n) is 33.0. The van der Waals surface area contributed by atoms with E-state index >= 15 is 0 Å². The van der Waals surface area contributed by atoms with E-state index in [-0.39, 0.29) is 40.1 Å². The van der Waals surface area contributed by atoms with Crippen LogP contribution in [0.3, 0.4) is 0 Å². The molecule has 0 N–H and O–H groups in total. The average molecular weight is 1080 g/mol. The van der Waals surface area contributed by atoms with Crippen LogP contribution < -0.4 is 42.4 Å². The molecular weight excluding hydrogens is 1030 g/mol. The van der Waals surface area contributed by atoms with E-state index in [4.69, 9.17) is 23.6 Å². The molecule has 8 aromatic rings. The predicted molar refractivity (Wildman–Crippen MR) is 277 cm³/mol. The van der Waals surface area contributed by atoms with E-state index in [9.17, 15) is 0 Å². The molecule has 11 heteroatoms. The summed E-state index contributed by atoms with van der Waals surface area (Å²) in [6.07, 6.45) is 0. The Labute approximate surface area is 415 Å². The molecule has 0 unspecified atom stereocenters. The summed E-state index contributed by atoms with van der Waals surface area (Å²) in [5.41, 5.74) is 0. The quantitative estimate of drug-likeness (QED) is 0.0619. The Balaban J connectivity index is 0.000000343. The summed E-state index contributed by atoms with van der Waals surface area (Å²) in [4.78, 5) is 0. The van der Waals surface area contributed by atoms with Crippen LogP contribution in [0.4, 0.5) is 0 Å². The van der Waals surface area contributed by atoms with E-state index in [1.165, 1.54) is 42.4 Å². The second-order valence-corrected chi connectivity index (χ2v) is 21.9. The molecule has 8 rings (SSSR count). The van der Waals surface area contributed by atoms with E-state index in [0.717, 1.165) is 11.5 Å². The average Bonchev–Trinajstić information content (AvgIpc) is 3.34. The second-order valence-electron chi connectivity index (χ2n) is 12.5. The van der Waals surface area contributed by atoms with E-state index in [1.807, 2.05) is 0 Å². The molecule has 1 nitrogen and oxygen atoms in total. The number of rotatable bonds is 9. The Morgan fingerprint density at radius 1 is 0.311 bits per heavy atom. The van der Waals surface area contributed by atoms with Crippen molar-refractivity contribution in [3.8, 4) is 0 Å². The van der Waals surface area contributed by atoms with Crippen LogP contribution in [0, 0.1) is 0 Å². The molecule has 0 spiro atoms. The van der Waals surface area contributed by atoms with Crippen molar-refractivity contribution in [3.63, 3.8) is 0 Å². The molecule has 0 saturated heterocycles. The molecule has 0 atom stereocenters. The maximum Gasteiger partial charge on any atom is 0.144 e. The fourth-order valence-corrected chi connectivity index (χ4v) is 15.5. The molecule has 0 aliphatic heterocycles. The van der Waals surface area contributed by atoms with Crippen LogP contribution in [0.15, 0.2) is 243 Å². The number of halogens is 2. The first-order chi connectivity index (χ1) is 29.2. The molecule has 0 bridgehead atoms. The smallest absolute Gasteiger partial charge is 0.144 e. The van der Waals surface area contributed by atoms with Crippen LogP contribution in [-0.2, 0) is 88.6 Å². The summed E-state index contributed by atoms with van der Waals surface area (Å²) >= 11 is 9.79. The van der Waals surface area contributed by atoms with Gasteiger partial charge < -0.3 is 52.2 Å². The molecule has 0 fully saturated rings. The van der Waals surface area contributed by atoms with Gasteiger partial charge >= 0.3 is 56.5 Å². The zero-order chi connectivity index (χ0) is 42.0. The van der Waals surface area contributed by atoms with Crippen LogP contribution in [0.25, 0.3) is 0 Å². The van der Waals surface area contributed by atoms with E-state index in [0.29, 0.717) is 19.8 Å². The molecule has 0 aliphatic carbocycles. The first kappa shape index (κ1) is 54.7. The van der Waals surface area contributed by atoms with Crippen molar-refractivity contribution in [2.45, 2.75) is 0 Å². The largest absolute Gasteiger partial charge is 0.813 e. The zero-order valence-corrected chi connectivity index (χ0v) is 42.9. The van der Waals surface area contributed by atoms with Crippen molar-refractivity contribution < 1.29 is 36.3 Å². The minimum Gasteiger partial charge on any atom is -0.813 e. The standard InChI is InChI=1S/2C24H20P.C2H6S2.2ClH.Fe.Mo.O.2H2S/c2*1-5-13-21(14-6-1)25(22-15-7-2-8-16-22,23-17-9-3-10-18-23)24-19-11-4-12-20-24;3-1-2-4;;;;;;;/h2*1-20H;3-4H,1-2H2;2*1H;;;;2*1H2/q2*+1;;;;+2;;;;/p-6. The van der Waals surface area contributed by atoms with Gasteiger partial charge in [-0.05, 0) is 97.1 Å². The van der Waals surface area contributed by atoms with E-state index in [1.54, 1.807) is 0 Å². The third kappa shape index (κ3) is 14.6. The molecule has 8 aromatic carbocycles. The molecule has 0 amide bonds. The summed E-state index contributed by atoms with van der Waals surface area (Å²) in [6, 6.07) is 87.7. The summed E-state index contributed by atoms with van der Waals surface area (Å²) < 4.78 is 8.26. The minimum absolute atomic E-state index is 0. The third-order valence-corrected chi connectivity index (χ3v) is 18.5. The van der Waals surface area contributed by atoms with E-state index in [2.05, 4.69) is 268 Å². The number of hydrogen-bond donors (Lipinski definition) is 0. The summed E-state index contributed by atoms with van der Waals surface area (Å²) in [6.45, 7) is 0. The van der Waals surface area contributed by atoms with Gasteiger partial charge in [-0.25, -0.2) is 0 Å². The fraction of sp³-hybridized carbons (Fsp3) is 0.0400.